The largest absolute Gasteiger partial charge is 0.374 e. The maximum absolute atomic E-state index is 14.2. The molecule has 2 bridgehead atoms. The van der Waals surface area contributed by atoms with Crippen LogP contribution in [0.4, 0.5) is 11.4 Å². The number of ether oxygens (including phenoxy) is 2. The van der Waals surface area contributed by atoms with Gasteiger partial charge in [-0.25, -0.2) is 0 Å². The summed E-state index contributed by atoms with van der Waals surface area (Å²) in [6.07, 6.45) is -1.18. The van der Waals surface area contributed by atoms with Crippen molar-refractivity contribution >= 4 is 66.8 Å². The van der Waals surface area contributed by atoms with Gasteiger partial charge in [0.1, 0.15) is 12.3 Å². The smallest absolute Gasteiger partial charge is 0.277 e. The van der Waals surface area contributed by atoms with E-state index in [4.69, 9.17) is 9.47 Å². The Morgan fingerprint density at radius 2 is 1.61 bits per heavy atom. The molecular weight excluding hydrogens is 632 g/mol. The van der Waals surface area contributed by atoms with Gasteiger partial charge in [0.25, 0.3) is 23.2 Å². The first-order valence-electron chi connectivity index (χ1n) is 15.8. The van der Waals surface area contributed by atoms with E-state index in [2.05, 4.69) is 14.5 Å². The predicted octanol–water partition coefficient (Wildman–Crippen LogP) is 5.72. The first kappa shape index (κ1) is 29.3. The van der Waals surface area contributed by atoms with Crippen LogP contribution in [0.1, 0.15) is 45.9 Å². The number of nitro benzene ring substituents is 2. The molecule has 4 atom stereocenters. The molecule has 6 aromatic rings. The van der Waals surface area contributed by atoms with Crippen molar-refractivity contribution in [3.63, 3.8) is 0 Å². The van der Waals surface area contributed by atoms with E-state index in [1.807, 2.05) is 55.5 Å². The van der Waals surface area contributed by atoms with Crippen LogP contribution in [0, 0.1) is 20.2 Å². The normalized spacial score (nSPS) is 22.5. The number of methoxy groups -OCH3 is 1. The SMILES string of the molecule is CO[C@@H]1[C@H](N(C)C(=O)c2cc([N+](=O)[O-])cc([N+](=O)[O-])c2)C[C@H]2O[C@]1(C)n1c3ccccc3c3c4c(c5c6ccccc6n2c5c31)C(=O)NC4. The molecule has 2 amide bonds. The summed E-state index contributed by atoms with van der Waals surface area (Å²) < 4.78 is 17.7. The number of aromatic nitrogens is 2. The molecule has 14 nitrogen and oxygen atoms in total. The van der Waals surface area contributed by atoms with Crippen molar-refractivity contribution in [1.29, 1.82) is 0 Å². The summed E-state index contributed by atoms with van der Waals surface area (Å²) in [6, 6.07) is 18.1. The second-order valence-corrected chi connectivity index (χ2v) is 13.0. The van der Waals surface area contributed by atoms with E-state index in [9.17, 15) is 29.8 Å². The van der Waals surface area contributed by atoms with Crippen LogP contribution in [-0.4, -0.2) is 62.0 Å². The second kappa shape index (κ2) is 9.84. The Balaban J connectivity index is 1.33. The van der Waals surface area contributed by atoms with E-state index >= 15 is 0 Å². The van der Waals surface area contributed by atoms with Crippen LogP contribution < -0.4 is 5.32 Å². The van der Waals surface area contributed by atoms with Crippen molar-refractivity contribution in [3.8, 4) is 0 Å². The Morgan fingerprint density at radius 3 is 2.27 bits per heavy atom. The van der Waals surface area contributed by atoms with Crippen LogP contribution in [0.2, 0.25) is 0 Å². The maximum Gasteiger partial charge on any atom is 0.277 e. The van der Waals surface area contributed by atoms with Crippen molar-refractivity contribution in [3.05, 3.63) is 104 Å². The van der Waals surface area contributed by atoms with Gasteiger partial charge in [-0.2, -0.15) is 0 Å². The van der Waals surface area contributed by atoms with Gasteiger partial charge >= 0.3 is 0 Å². The van der Waals surface area contributed by atoms with Crippen LogP contribution >= 0.6 is 0 Å². The average Bonchev–Trinajstić information content (AvgIpc) is 3.74. The first-order valence-corrected chi connectivity index (χ1v) is 15.8. The summed E-state index contributed by atoms with van der Waals surface area (Å²) in [4.78, 5) is 51.0. The molecule has 3 aliphatic heterocycles. The Bertz CT molecular complexity index is 2490. The van der Waals surface area contributed by atoms with Crippen LogP contribution in [0.15, 0.2) is 66.7 Å². The average molecular weight is 661 g/mol. The summed E-state index contributed by atoms with van der Waals surface area (Å²) in [5.74, 6) is -0.778. The number of nitrogens with one attached hydrogen (secondary N) is 1. The number of nitro groups is 2. The van der Waals surface area contributed by atoms with Gasteiger partial charge < -0.3 is 28.8 Å². The van der Waals surface area contributed by atoms with Gasteiger partial charge in [0, 0.05) is 60.8 Å². The summed E-state index contributed by atoms with van der Waals surface area (Å²) >= 11 is 0. The van der Waals surface area contributed by atoms with Gasteiger partial charge in [0.2, 0.25) is 0 Å². The van der Waals surface area contributed by atoms with Gasteiger partial charge in [-0.3, -0.25) is 29.8 Å². The molecule has 9 rings (SSSR count). The molecule has 1 N–H and O–H groups in total. The summed E-state index contributed by atoms with van der Waals surface area (Å²) in [7, 11) is 3.12. The lowest BCUT2D eigenvalue weighted by atomic mass is 9.91. The molecule has 0 radical (unpaired) electrons. The number of para-hydroxylation sites is 2. The topological polar surface area (TPSA) is 164 Å². The van der Waals surface area contributed by atoms with E-state index in [1.54, 1.807) is 14.2 Å². The van der Waals surface area contributed by atoms with E-state index in [0.29, 0.717) is 12.1 Å². The summed E-state index contributed by atoms with van der Waals surface area (Å²) in [5, 5.41) is 30.0. The highest BCUT2D eigenvalue weighted by Crippen LogP contribution is 2.54. The summed E-state index contributed by atoms with van der Waals surface area (Å²) in [5.41, 5.74) is 2.48. The number of fused-ring (bicyclic) bond motifs is 13. The maximum atomic E-state index is 14.2. The number of non-ortho nitro benzene ring substituents is 2. The number of carbonyl (C=O) groups excluding carboxylic acids is 2. The minimum atomic E-state index is -1.22. The highest BCUT2D eigenvalue weighted by atomic mass is 16.6. The molecule has 3 aliphatic rings. The Morgan fingerprint density at radius 1 is 0.980 bits per heavy atom. The molecule has 0 spiro atoms. The molecule has 2 aromatic heterocycles. The lowest BCUT2D eigenvalue weighted by molar-refractivity contribution is -0.394. The number of likely N-dealkylation sites (N-methyl/N-ethyl adjacent to an activating group) is 1. The third-order valence-electron chi connectivity index (χ3n) is 10.6. The zero-order valence-electron chi connectivity index (χ0n) is 26.5. The third kappa shape index (κ3) is 3.66. The molecule has 49 heavy (non-hydrogen) atoms. The third-order valence-corrected chi connectivity index (χ3v) is 10.6. The fraction of sp³-hybridized carbons (Fsp3) is 0.257. The summed E-state index contributed by atoms with van der Waals surface area (Å²) in [6.45, 7) is 2.30. The highest BCUT2D eigenvalue weighted by molar-refractivity contribution is 6.31. The minimum absolute atomic E-state index is 0.139. The van der Waals surface area contributed by atoms with Crippen molar-refractivity contribution in [2.75, 3.05) is 14.2 Å². The van der Waals surface area contributed by atoms with E-state index in [-0.39, 0.29) is 17.9 Å². The number of hydrogen-bond acceptors (Lipinski definition) is 8. The lowest BCUT2D eigenvalue weighted by Crippen LogP contribution is -2.61. The molecule has 1 saturated heterocycles. The van der Waals surface area contributed by atoms with Gasteiger partial charge in [0.15, 0.2) is 5.72 Å². The highest BCUT2D eigenvalue weighted by Gasteiger charge is 2.55. The van der Waals surface area contributed by atoms with E-state index in [1.165, 1.54) is 4.90 Å². The van der Waals surface area contributed by atoms with Crippen LogP contribution in [0.25, 0.3) is 43.6 Å². The molecular formula is C35H28N6O8. The zero-order valence-corrected chi connectivity index (χ0v) is 26.5. The molecule has 4 aromatic carbocycles. The second-order valence-electron chi connectivity index (χ2n) is 13.0. The van der Waals surface area contributed by atoms with Crippen LogP contribution in [0.5, 0.6) is 0 Å². The van der Waals surface area contributed by atoms with Crippen LogP contribution in [-0.2, 0) is 21.7 Å². The Kier molecular flexibility index (Phi) is 5.88. The monoisotopic (exact) mass is 660 g/mol. The molecule has 0 aliphatic carbocycles. The first-order chi connectivity index (χ1) is 23.5. The molecule has 0 saturated carbocycles. The molecule has 5 heterocycles. The number of rotatable bonds is 5. The van der Waals surface area contributed by atoms with Gasteiger partial charge in [-0.15, -0.1) is 0 Å². The number of amides is 2. The number of hydrogen-bond donors (Lipinski definition) is 1. The van der Waals surface area contributed by atoms with Crippen molar-refractivity contribution < 1.29 is 28.9 Å². The Labute approximate surface area is 276 Å². The molecule has 1 fully saturated rings. The Hall–Kier alpha value is -5.86. The number of carbonyl (C=O) groups is 2. The van der Waals surface area contributed by atoms with E-state index in [0.717, 1.165) is 67.4 Å². The van der Waals surface area contributed by atoms with Crippen LogP contribution in [0.3, 0.4) is 0 Å². The number of benzene rings is 4. The van der Waals surface area contributed by atoms with Crippen molar-refractivity contribution in [2.24, 2.45) is 0 Å². The number of nitrogens with zero attached hydrogens (tertiary/aromatic N) is 5. The zero-order chi connectivity index (χ0) is 34.1. The minimum Gasteiger partial charge on any atom is -0.374 e. The standard InChI is InChI=1S/C35H28N6O8/c1-35-32(48-3)25(37(2)34(43)17-12-18(40(44)45)14-19(13-17)41(46)47)15-26(49-35)38-23-10-6-4-8-20(23)28-29-22(16-36-33(29)42)27-21-9-5-7-11-24(21)39(35)31(27)30(28)38/h4-14,25-26,32H,15-16H2,1-3H3,(H,36,42)/t25-,26-,32-,35+/m1/s1. The van der Waals surface area contributed by atoms with Crippen molar-refractivity contribution in [1.82, 2.24) is 19.4 Å². The molecule has 246 valence electrons. The van der Waals surface area contributed by atoms with Gasteiger partial charge in [-0.05, 0) is 24.6 Å². The molecule has 14 heteroatoms. The predicted molar refractivity (Wildman–Crippen MR) is 178 cm³/mol. The van der Waals surface area contributed by atoms with Crippen molar-refractivity contribution in [2.45, 2.75) is 44.0 Å². The van der Waals surface area contributed by atoms with E-state index < -0.39 is 51.2 Å². The van der Waals surface area contributed by atoms with Gasteiger partial charge in [-0.1, -0.05) is 36.4 Å². The fourth-order valence-electron chi connectivity index (χ4n) is 8.68. The fourth-order valence-corrected chi connectivity index (χ4v) is 8.68. The molecule has 0 unspecified atom stereocenters. The quantitative estimate of drug-likeness (QED) is 0.181. The van der Waals surface area contributed by atoms with Gasteiger partial charge in [0.05, 0.1) is 55.1 Å². The lowest BCUT2D eigenvalue weighted by Gasteiger charge is -2.50.